The molecule has 5 N–H and O–H groups in total. The molecule has 2 rings (SSSR count). The van der Waals surface area contributed by atoms with Crippen LogP contribution >= 0.6 is 0 Å². The van der Waals surface area contributed by atoms with Crippen LogP contribution < -0.4 is 16.4 Å². The lowest BCUT2D eigenvalue weighted by atomic mass is 9.75. The van der Waals surface area contributed by atoms with Crippen LogP contribution in [0.1, 0.15) is 26.3 Å². The second-order valence-electron chi connectivity index (χ2n) is 6.51. The quantitative estimate of drug-likeness (QED) is 0.510. The fourth-order valence-electron chi connectivity index (χ4n) is 2.64. The number of anilines is 2. The number of nitrogens with one attached hydrogen (secondary N) is 2. The topological polar surface area (TPSA) is 87.4 Å². The van der Waals surface area contributed by atoms with E-state index >= 15 is 0 Å². The number of nitrogens with two attached hydrogens (primary N) is 1. The van der Waals surface area contributed by atoms with Gasteiger partial charge in [0, 0.05) is 5.41 Å². The van der Waals surface area contributed by atoms with Crippen LogP contribution in [0.5, 0.6) is 0 Å². The van der Waals surface area contributed by atoms with Gasteiger partial charge < -0.3 is 16.2 Å². The smallest absolute Gasteiger partial charge is 0.406 e. The molecule has 5 heteroatoms. The predicted molar refractivity (Wildman–Crippen MR) is 93.2 cm³/mol. The van der Waals surface area contributed by atoms with Crippen molar-refractivity contribution in [3.8, 4) is 0 Å². The van der Waals surface area contributed by atoms with Gasteiger partial charge in [-0.15, -0.1) is 0 Å². The van der Waals surface area contributed by atoms with E-state index in [1.165, 1.54) is 0 Å². The Morgan fingerprint density at radius 1 is 1.00 bits per heavy atom. The van der Waals surface area contributed by atoms with Gasteiger partial charge in [0.1, 0.15) is 5.66 Å². The predicted octanol–water partition coefficient (Wildman–Crippen LogP) is 3.85. The van der Waals surface area contributed by atoms with Crippen LogP contribution in [0.25, 0.3) is 0 Å². The monoisotopic (exact) mass is 313 g/mol. The van der Waals surface area contributed by atoms with Gasteiger partial charge in [0.15, 0.2) is 0 Å². The molecule has 0 aliphatic heterocycles. The molecular weight excluding hydrogens is 290 g/mol. The summed E-state index contributed by atoms with van der Waals surface area (Å²) in [7, 11) is 0. The van der Waals surface area contributed by atoms with E-state index in [4.69, 9.17) is 5.73 Å². The summed E-state index contributed by atoms with van der Waals surface area (Å²) in [4.78, 5) is 11.5. The molecule has 0 saturated heterocycles. The molecule has 0 radical (unpaired) electrons. The first-order valence-electron chi connectivity index (χ1n) is 7.45. The molecule has 5 nitrogen and oxygen atoms in total. The van der Waals surface area contributed by atoms with Crippen molar-refractivity contribution in [1.29, 1.82) is 0 Å². The number of rotatable bonds is 4. The highest BCUT2D eigenvalue weighted by Crippen LogP contribution is 2.41. The van der Waals surface area contributed by atoms with E-state index in [0.29, 0.717) is 11.4 Å². The number of carbonyl (C=O) groups is 1. The van der Waals surface area contributed by atoms with E-state index in [0.717, 1.165) is 5.56 Å². The van der Waals surface area contributed by atoms with Crippen LogP contribution in [-0.2, 0) is 5.66 Å². The zero-order valence-electron chi connectivity index (χ0n) is 13.6. The van der Waals surface area contributed by atoms with Gasteiger partial charge in [0.05, 0.1) is 11.4 Å². The number of hydrogen-bond donors (Lipinski definition) is 4. The van der Waals surface area contributed by atoms with Crippen molar-refractivity contribution in [2.24, 2.45) is 5.41 Å². The summed E-state index contributed by atoms with van der Waals surface area (Å²) in [6.07, 6.45) is -1.11. The first-order chi connectivity index (χ1) is 10.8. The third-order valence-electron chi connectivity index (χ3n) is 3.91. The third-order valence-corrected chi connectivity index (χ3v) is 3.91. The molecule has 0 aliphatic rings. The average molecular weight is 313 g/mol. The van der Waals surface area contributed by atoms with Gasteiger partial charge in [0.25, 0.3) is 0 Å². The van der Waals surface area contributed by atoms with Gasteiger partial charge in [-0.2, -0.15) is 0 Å². The molecule has 1 unspecified atom stereocenters. The molecule has 2 aromatic carbocycles. The molecule has 0 aliphatic carbocycles. The van der Waals surface area contributed by atoms with Crippen LogP contribution in [0.3, 0.4) is 0 Å². The van der Waals surface area contributed by atoms with E-state index in [1.54, 1.807) is 6.07 Å². The van der Waals surface area contributed by atoms with E-state index in [2.05, 4.69) is 10.6 Å². The maximum absolute atomic E-state index is 11.5. The van der Waals surface area contributed by atoms with Gasteiger partial charge in [0.2, 0.25) is 0 Å². The molecular formula is C18H23N3O2. The summed E-state index contributed by atoms with van der Waals surface area (Å²) in [6, 6.07) is 16.8. The number of hydrogen-bond acceptors (Lipinski definition) is 3. The van der Waals surface area contributed by atoms with Gasteiger partial charge in [-0.25, -0.2) is 4.79 Å². The fraction of sp³-hybridized carbons (Fsp3) is 0.278. The average Bonchev–Trinajstić information content (AvgIpc) is 2.48. The largest absolute Gasteiger partial charge is 0.465 e. The zero-order valence-corrected chi connectivity index (χ0v) is 13.6. The Balaban J connectivity index is 2.62. The van der Waals surface area contributed by atoms with Crippen LogP contribution in [0.15, 0.2) is 54.6 Å². The molecule has 0 aromatic heterocycles. The Hall–Kier alpha value is -2.69. The standard InChI is InChI=1S/C18H23N3O2/c1-17(2,3)18(21-16(22)23,13-9-5-4-6-10-13)20-15-12-8-7-11-14(15)19/h4-12,20-21H,19H2,1-3H3,(H,22,23). The molecule has 0 heterocycles. The van der Waals surface area contributed by atoms with E-state index in [1.807, 2.05) is 69.3 Å². The maximum Gasteiger partial charge on any atom is 0.406 e. The SMILES string of the molecule is CC(C)(C)C(NC(=O)O)(Nc1ccccc1N)c1ccccc1. The normalized spacial score (nSPS) is 13.9. The summed E-state index contributed by atoms with van der Waals surface area (Å²) in [5.41, 5.74) is 6.60. The molecule has 122 valence electrons. The minimum atomic E-state index is -1.11. The van der Waals surface area contributed by atoms with E-state index in [-0.39, 0.29) is 0 Å². The highest BCUT2D eigenvalue weighted by Gasteiger charge is 2.45. The number of benzene rings is 2. The molecule has 1 amide bonds. The van der Waals surface area contributed by atoms with Crippen molar-refractivity contribution >= 4 is 17.5 Å². The van der Waals surface area contributed by atoms with Gasteiger partial charge in [-0.3, -0.25) is 5.32 Å². The minimum absolute atomic E-state index is 0.463. The first kappa shape index (κ1) is 16.7. The van der Waals surface area contributed by atoms with Crippen LogP contribution in [-0.4, -0.2) is 11.2 Å². The van der Waals surface area contributed by atoms with Crippen molar-refractivity contribution in [3.63, 3.8) is 0 Å². The van der Waals surface area contributed by atoms with Gasteiger partial charge in [-0.05, 0) is 17.7 Å². The lowest BCUT2D eigenvalue weighted by Crippen LogP contribution is -2.59. The zero-order chi connectivity index (χ0) is 17.1. The third kappa shape index (κ3) is 3.39. The number of para-hydroxylation sites is 2. The summed E-state index contributed by atoms with van der Waals surface area (Å²) in [5, 5.41) is 15.4. The molecule has 0 fully saturated rings. The Kier molecular flexibility index (Phi) is 4.50. The molecule has 23 heavy (non-hydrogen) atoms. The Morgan fingerprint density at radius 3 is 2.09 bits per heavy atom. The van der Waals surface area contributed by atoms with Gasteiger partial charge >= 0.3 is 6.09 Å². The van der Waals surface area contributed by atoms with E-state index in [9.17, 15) is 9.90 Å². The lowest BCUT2D eigenvalue weighted by molar-refractivity contribution is 0.136. The summed E-state index contributed by atoms with van der Waals surface area (Å²) in [6.45, 7) is 5.92. The highest BCUT2D eigenvalue weighted by atomic mass is 16.4. The van der Waals surface area contributed by atoms with Crippen molar-refractivity contribution in [2.75, 3.05) is 11.1 Å². The second kappa shape index (κ2) is 6.20. The Bertz CT molecular complexity index is 680. The molecule has 0 spiro atoms. The number of carboxylic acid groups (broad SMARTS) is 1. The summed E-state index contributed by atoms with van der Waals surface area (Å²) in [5.74, 6) is 0. The number of nitrogen functional groups attached to an aromatic ring is 1. The number of amides is 1. The van der Waals surface area contributed by atoms with Crippen LogP contribution in [0, 0.1) is 5.41 Å². The highest BCUT2D eigenvalue weighted by molar-refractivity contribution is 5.71. The summed E-state index contributed by atoms with van der Waals surface area (Å²) < 4.78 is 0. The van der Waals surface area contributed by atoms with Crippen molar-refractivity contribution in [2.45, 2.75) is 26.4 Å². The van der Waals surface area contributed by atoms with Crippen LogP contribution in [0.2, 0.25) is 0 Å². The molecule has 2 aromatic rings. The minimum Gasteiger partial charge on any atom is -0.465 e. The lowest BCUT2D eigenvalue weighted by Gasteiger charge is -2.46. The van der Waals surface area contributed by atoms with Crippen LogP contribution in [0.4, 0.5) is 16.2 Å². The van der Waals surface area contributed by atoms with Crippen molar-refractivity contribution in [3.05, 3.63) is 60.2 Å². The summed E-state index contributed by atoms with van der Waals surface area (Å²) >= 11 is 0. The molecule has 0 bridgehead atoms. The van der Waals surface area contributed by atoms with Crippen molar-refractivity contribution < 1.29 is 9.90 Å². The fourth-order valence-corrected chi connectivity index (χ4v) is 2.64. The van der Waals surface area contributed by atoms with E-state index < -0.39 is 17.2 Å². The molecule has 1 atom stereocenters. The van der Waals surface area contributed by atoms with Crippen molar-refractivity contribution in [1.82, 2.24) is 5.32 Å². The Morgan fingerprint density at radius 2 is 1.57 bits per heavy atom. The maximum atomic E-state index is 11.5. The second-order valence-corrected chi connectivity index (χ2v) is 6.51. The van der Waals surface area contributed by atoms with Gasteiger partial charge in [-0.1, -0.05) is 63.2 Å². The molecule has 0 saturated carbocycles. The Labute approximate surface area is 136 Å². The first-order valence-corrected chi connectivity index (χ1v) is 7.45.